The lowest BCUT2D eigenvalue weighted by Crippen LogP contribution is -2.56. The van der Waals surface area contributed by atoms with E-state index in [4.69, 9.17) is 15.5 Å². The van der Waals surface area contributed by atoms with Gasteiger partial charge in [0, 0.05) is 36.3 Å². The summed E-state index contributed by atoms with van der Waals surface area (Å²) in [6, 6.07) is 12.1. The van der Waals surface area contributed by atoms with Gasteiger partial charge in [0.25, 0.3) is 5.91 Å². The molecule has 2 aromatic heterocycles. The molecule has 0 unspecified atom stereocenters. The van der Waals surface area contributed by atoms with Gasteiger partial charge in [-0.3, -0.25) is 9.59 Å². The van der Waals surface area contributed by atoms with E-state index in [-0.39, 0.29) is 24.0 Å². The highest BCUT2D eigenvalue weighted by Gasteiger charge is 2.38. The molecule has 2 saturated heterocycles. The molecule has 0 saturated carbocycles. The molecule has 2 fully saturated rings. The summed E-state index contributed by atoms with van der Waals surface area (Å²) >= 11 is 1.34. The molecule has 2 aliphatic heterocycles. The van der Waals surface area contributed by atoms with Crippen molar-refractivity contribution in [3.8, 4) is 11.4 Å². The van der Waals surface area contributed by atoms with E-state index in [9.17, 15) is 9.59 Å². The second-order valence-electron chi connectivity index (χ2n) is 9.00. The highest BCUT2D eigenvalue weighted by molar-refractivity contribution is 7.14. The SMILES string of the molecule is C[C@@H]1CN(c2cccc(-c3csc(NC(=O)[C@@H]4CCN4C(=O)c4ccc(N)cc4)n3)n2)C[C@H](C)O1. The summed E-state index contributed by atoms with van der Waals surface area (Å²) in [5, 5.41) is 5.23. The molecule has 35 heavy (non-hydrogen) atoms. The molecular weight excluding hydrogens is 464 g/mol. The van der Waals surface area contributed by atoms with Crippen LogP contribution in [-0.4, -0.2) is 64.6 Å². The molecule has 3 atom stereocenters. The predicted molar refractivity (Wildman–Crippen MR) is 136 cm³/mol. The second-order valence-corrected chi connectivity index (χ2v) is 9.85. The van der Waals surface area contributed by atoms with Crippen molar-refractivity contribution in [3.63, 3.8) is 0 Å². The van der Waals surface area contributed by atoms with E-state index in [1.807, 2.05) is 23.6 Å². The standard InChI is InChI=1S/C25H28N6O3S/c1-15-12-30(13-16(2)34-15)22-5-3-4-19(27-22)20-14-35-25(28-20)29-23(32)21-10-11-31(21)24(33)17-6-8-18(26)9-7-17/h3-9,14-16,21H,10-13,26H2,1-2H3,(H,28,29,32)/t15-,16+,21-/m0/s1. The summed E-state index contributed by atoms with van der Waals surface area (Å²) < 4.78 is 5.83. The van der Waals surface area contributed by atoms with Gasteiger partial charge in [-0.2, -0.15) is 0 Å². The molecule has 0 radical (unpaired) electrons. The second kappa shape index (κ2) is 9.63. The Hall–Kier alpha value is -3.50. The molecule has 0 bridgehead atoms. The van der Waals surface area contributed by atoms with Gasteiger partial charge in [-0.05, 0) is 56.7 Å². The third kappa shape index (κ3) is 4.98. The third-order valence-electron chi connectivity index (χ3n) is 6.22. The fourth-order valence-corrected chi connectivity index (χ4v) is 5.15. The zero-order valence-electron chi connectivity index (χ0n) is 19.7. The zero-order valence-corrected chi connectivity index (χ0v) is 20.5. The fourth-order valence-electron chi connectivity index (χ4n) is 4.44. The van der Waals surface area contributed by atoms with Crippen molar-refractivity contribution >= 4 is 39.8 Å². The van der Waals surface area contributed by atoms with Crippen LogP contribution in [-0.2, 0) is 9.53 Å². The molecule has 3 N–H and O–H groups in total. The van der Waals surface area contributed by atoms with Crippen LogP contribution >= 0.6 is 11.3 Å². The maximum absolute atomic E-state index is 12.9. The number of amides is 2. The molecular formula is C25H28N6O3S. The summed E-state index contributed by atoms with van der Waals surface area (Å²) in [6.45, 7) is 6.24. The molecule has 5 rings (SSSR count). The van der Waals surface area contributed by atoms with E-state index >= 15 is 0 Å². The smallest absolute Gasteiger partial charge is 0.254 e. The lowest BCUT2D eigenvalue weighted by Gasteiger charge is -2.39. The normalized spacial score (nSPS) is 21.9. The number of carbonyl (C=O) groups excluding carboxylic acids is 2. The van der Waals surface area contributed by atoms with E-state index in [0.717, 1.165) is 24.6 Å². The van der Waals surface area contributed by atoms with Crippen molar-refractivity contribution in [3.05, 3.63) is 53.4 Å². The number of ether oxygens (including phenoxy) is 1. The Labute approximate surface area is 207 Å². The summed E-state index contributed by atoms with van der Waals surface area (Å²) in [5.74, 6) is 0.470. The van der Waals surface area contributed by atoms with E-state index < -0.39 is 6.04 Å². The largest absolute Gasteiger partial charge is 0.399 e. The van der Waals surface area contributed by atoms with Crippen LogP contribution in [0.25, 0.3) is 11.4 Å². The van der Waals surface area contributed by atoms with Gasteiger partial charge in [0.05, 0.1) is 17.9 Å². The van der Waals surface area contributed by atoms with Crippen molar-refractivity contribution in [2.24, 2.45) is 0 Å². The number of nitrogens with two attached hydrogens (primary N) is 1. The van der Waals surface area contributed by atoms with Gasteiger partial charge in [-0.25, -0.2) is 9.97 Å². The summed E-state index contributed by atoms with van der Waals surface area (Å²) in [4.78, 5) is 38.8. The van der Waals surface area contributed by atoms with E-state index in [2.05, 4.69) is 29.0 Å². The molecule has 2 amide bonds. The van der Waals surface area contributed by atoms with Gasteiger partial charge in [-0.1, -0.05) is 6.07 Å². The van der Waals surface area contributed by atoms with Crippen LogP contribution in [0.1, 0.15) is 30.6 Å². The van der Waals surface area contributed by atoms with Crippen LogP contribution in [0, 0.1) is 0 Å². The van der Waals surface area contributed by atoms with Crippen molar-refractivity contribution in [1.82, 2.24) is 14.9 Å². The number of hydrogen-bond donors (Lipinski definition) is 2. The van der Waals surface area contributed by atoms with Gasteiger partial charge in [-0.15, -0.1) is 11.3 Å². The number of benzene rings is 1. The Kier molecular flexibility index (Phi) is 6.40. The van der Waals surface area contributed by atoms with Gasteiger partial charge in [0.15, 0.2) is 5.13 Å². The molecule has 9 nitrogen and oxygen atoms in total. The lowest BCUT2D eigenvalue weighted by atomic mass is 10.0. The molecule has 4 heterocycles. The van der Waals surface area contributed by atoms with Crippen LogP contribution in [0.5, 0.6) is 0 Å². The van der Waals surface area contributed by atoms with Crippen molar-refractivity contribution in [2.75, 3.05) is 35.6 Å². The van der Waals surface area contributed by atoms with Crippen LogP contribution in [0.3, 0.4) is 0 Å². The van der Waals surface area contributed by atoms with Gasteiger partial charge < -0.3 is 25.6 Å². The quantitative estimate of drug-likeness (QED) is 0.526. The Bertz CT molecular complexity index is 1220. The van der Waals surface area contributed by atoms with E-state index in [0.29, 0.717) is 35.0 Å². The number of nitrogens with one attached hydrogen (secondary N) is 1. The van der Waals surface area contributed by atoms with Crippen molar-refractivity contribution in [1.29, 1.82) is 0 Å². The van der Waals surface area contributed by atoms with Crippen LogP contribution in [0.15, 0.2) is 47.8 Å². The lowest BCUT2D eigenvalue weighted by molar-refractivity contribution is -0.123. The summed E-state index contributed by atoms with van der Waals surface area (Å²) in [6.07, 6.45) is 0.900. The number of likely N-dealkylation sites (tertiary alicyclic amines) is 1. The van der Waals surface area contributed by atoms with Crippen LogP contribution < -0.4 is 16.0 Å². The van der Waals surface area contributed by atoms with E-state index in [1.54, 1.807) is 29.2 Å². The maximum atomic E-state index is 12.9. The minimum atomic E-state index is -0.515. The topological polar surface area (TPSA) is 114 Å². The number of hydrogen-bond acceptors (Lipinski definition) is 8. The Morgan fingerprint density at radius 1 is 1.06 bits per heavy atom. The minimum absolute atomic E-state index is 0.142. The first-order chi connectivity index (χ1) is 16.9. The first-order valence-electron chi connectivity index (χ1n) is 11.7. The minimum Gasteiger partial charge on any atom is -0.399 e. The monoisotopic (exact) mass is 492 g/mol. The Morgan fingerprint density at radius 2 is 1.80 bits per heavy atom. The molecule has 2 aliphatic rings. The number of pyridine rings is 1. The molecule has 0 spiro atoms. The molecule has 1 aromatic carbocycles. The number of carbonyl (C=O) groups is 2. The molecule has 0 aliphatic carbocycles. The number of anilines is 3. The number of aromatic nitrogens is 2. The van der Waals surface area contributed by atoms with Crippen molar-refractivity contribution < 1.29 is 14.3 Å². The molecule has 10 heteroatoms. The third-order valence-corrected chi connectivity index (χ3v) is 6.97. The van der Waals surface area contributed by atoms with E-state index in [1.165, 1.54) is 11.3 Å². The van der Waals surface area contributed by atoms with Crippen molar-refractivity contribution in [2.45, 2.75) is 38.5 Å². The Morgan fingerprint density at radius 3 is 2.49 bits per heavy atom. The fraction of sp³-hybridized carbons (Fsp3) is 0.360. The van der Waals surface area contributed by atoms with Crippen LogP contribution in [0.4, 0.5) is 16.6 Å². The first kappa shape index (κ1) is 23.3. The Balaban J connectivity index is 1.24. The average molecular weight is 493 g/mol. The highest BCUT2D eigenvalue weighted by atomic mass is 32.1. The maximum Gasteiger partial charge on any atom is 0.254 e. The number of rotatable bonds is 5. The van der Waals surface area contributed by atoms with Crippen LogP contribution in [0.2, 0.25) is 0 Å². The molecule has 182 valence electrons. The number of nitrogen functional groups attached to an aromatic ring is 1. The number of thiazole rings is 1. The van der Waals surface area contributed by atoms with Gasteiger partial charge in [0.2, 0.25) is 5.91 Å². The zero-order chi connectivity index (χ0) is 24.5. The predicted octanol–water partition coefficient (Wildman–Crippen LogP) is 3.25. The number of morpholine rings is 1. The highest BCUT2D eigenvalue weighted by Crippen LogP contribution is 2.28. The number of nitrogens with zero attached hydrogens (tertiary/aromatic N) is 4. The summed E-state index contributed by atoms with van der Waals surface area (Å²) in [5.41, 5.74) is 8.26. The van der Waals surface area contributed by atoms with Gasteiger partial charge in [0.1, 0.15) is 17.6 Å². The average Bonchev–Trinajstić information content (AvgIpc) is 3.26. The van der Waals surface area contributed by atoms with Gasteiger partial charge >= 0.3 is 0 Å². The molecule has 3 aromatic rings. The first-order valence-corrected chi connectivity index (χ1v) is 12.6. The summed E-state index contributed by atoms with van der Waals surface area (Å²) in [7, 11) is 0.